The smallest absolute Gasteiger partial charge is 0.337 e. The number of carbonyl (C=O) groups is 3. The Balaban J connectivity index is 2.10. The molecule has 6 heteroatoms. The van der Waals surface area contributed by atoms with Crippen LogP contribution in [0.3, 0.4) is 0 Å². The maximum atomic E-state index is 12.4. The predicted molar refractivity (Wildman–Crippen MR) is 100 cm³/mol. The summed E-state index contributed by atoms with van der Waals surface area (Å²) in [5, 5.41) is 2.70. The molecule has 2 amide bonds. The molecule has 6 nitrogen and oxygen atoms in total. The van der Waals surface area contributed by atoms with Gasteiger partial charge in [0.1, 0.15) is 6.54 Å². The fourth-order valence-electron chi connectivity index (χ4n) is 2.48. The Bertz CT molecular complexity index is 800. The van der Waals surface area contributed by atoms with Crippen molar-refractivity contribution in [1.82, 2.24) is 0 Å². The van der Waals surface area contributed by atoms with Crippen molar-refractivity contribution in [2.75, 3.05) is 23.9 Å². The lowest BCUT2D eigenvalue weighted by molar-refractivity contribution is -0.120. The van der Waals surface area contributed by atoms with Crippen LogP contribution in [-0.4, -0.2) is 31.4 Å². The molecule has 26 heavy (non-hydrogen) atoms. The van der Waals surface area contributed by atoms with Gasteiger partial charge in [-0.05, 0) is 42.3 Å². The molecule has 0 saturated heterocycles. The molecule has 1 N–H and O–H groups in total. The van der Waals surface area contributed by atoms with Crippen molar-refractivity contribution < 1.29 is 19.1 Å². The van der Waals surface area contributed by atoms with E-state index in [0.717, 1.165) is 12.0 Å². The second kappa shape index (κ2) is 8.80. The Kier molecular flexibility index (Phi) is 6.49. The lowest BCUT2D eigenvalue weighted by atomic mass is 10.1. The Morgan fingerprint density at radius 1 is 1.08 bits per heavy atom. The summed E-state index contributed by atoms with van der Waals surface area (Å²) in [4.78, 5) is 37.3. The molecule has 0 aliphatic heterocycles. The standard InChI is InChI=1S/C20H22N2O4/c1-4-15-8-10-18(11-9-15)22(14(2)23)13-19(24)21-17-7-5-6-16(12-17)20(25)26-3/h5-12H,4,13H2,1-3H3,(H,21,24). The Morgan fingerprint density at radius 2 is 1.77 bits per heavy atom. The van der Waals surface area contributed by atoms with Gasteiger partial charge in [-0.1, -0.05) is 25.1 Å². The monoisotopic (exact) mass is 354 g/mol. The minimum atomic E-state index is -0.484. The number of ether oxygens (including phenoxy) is 1. The molecule has 0 fully saturated rings. The maximum absolute atomic E-state index is 12.4. The number of carbonyl (C=O) groups excluding carboxylic acids is 3. The van der Waals surface area contributed by atoms with Gasteiger partial charge in [0, 0.05) is 18.3 Å². The fraction of sp³-hybridized carbons (Fsp3) is 0.250. The molecular formula is C20H22N2O4. The first-order valence-corrected chi connectivity index (χ1v) is 8.30. The largest absolute Gasteiger partial charge is 0.465 e. The number of nitrogens with one attached hydrogen (secondary N) is 1. The molecule has 0 aromatic heterocycles. The number of benzene rings is 2. The Hall–Kier alpha value is -3.15. The number of aryl methyl sites for hydroxylation is 1. The van der Waals surface area contributed by atoms with Crippen molar-refractivity contribution in [3.05, 3.63) is 59.7 Å². The molecule has 0 aliphatic carbocycles. The van der Waals surface area contributed by atoms with Gasteiger partial charge in [-0.3, -0.25) is 9.59 Å². The lowest BCUT2D eigenvalue weighted by Gasteiger charge is -2.21. The molecule has 2 aromatic rings. The maximum Gasteiger partial charge on any atom is 0.337 e. The van der Waals surface area contributed by atoms with Crippen molar-refractivity contribution >= 4 is 29.2 Å². The minimum absolute atomic E-state index is 0.122. The summed E-state index contributed by atoms with van der Waals surface area (Å²) >= 11 is 0. The van der Waals surface area contributed by atoms with Crippen LogP contribution in [0.1, 0.15) is 29.8 Å². The van der Waals surface area contributed by atoms with Crippen LogP contribution in [0.4, 0.5) is 11.4 Å². The summed E-state index contributed by atoms with van der Waals surface area (Å²) in [7, 11) is 1.29. The van der Waals surface area contributed by atoms with Gasteiger partial charge < -0.3 is 15.0 Å². The number of hydrogen-bond acceptors (Lipinski definition) is 4. The number of amides is 2. The summed E-state index contributed by atoms with van der Waals surface area (Å²) in [6, 6.07) is 14.0. The number of rotatable bonds is 6. The van der Waals surface area contributed by atoms with E-state index in [1.54, 1.807) is 18.2 Å². The molecule has 0 bridgehead atoms. The minimum Gasteiger partial charge on any atom is -0.465 e. The van der Waals surface area contributed by atoms with Crippen LogP contribution < -0.4 is 10.2 Å². The number of anilines is 2. The van der Waals surface area contributed by atoms with E-state index in [1.165, 1.54) is 25.0 Å². The SMILES string of the molecule is CCc1ccc(N(CC(=O)Nc2cccc(C(=O)OC)c2)C(C)=O)cc1. The van der Waals surface area contributed by atoms with Gasteiger partial charge in [-0.25, -0.2) is 4.79 Å². The van der Waals surface area contributed by atoms with Crippen molar-refractivity contribution in [3.8, 4) is 0 Å². The van der Waals surface area contributed by atoms with Gasteiger partial charge in [-0.2, -0.15) is 0 Å². The first-order chi connectivity index (χ1) is 12.4. The highest BCUT2D eigenvalue weighted by Gasteiger charge is 2.16. The van der Waals surface area contributed by atoms with E-state index < -0.39 is 5.97 Å². The zero-order valence-corrected chi connectivity index (χ0v) is 15.1. The van der Waals surface area contributed by atoms with Crippen LogP contribution in [0.5, 0.6) is 0 Å². The lowest BCUT2D eigenvalue weighted by Crippen LogP contribution is -2.36. The number of methoxy groups -OCH3 is 1. The third kappa shape index (κ3) is 4.92. The van der Waals surface area contributed by atoms with E-state index in [1.807, 2.05) is 31.2 Å². The van der Waals surface area contributed by atoms with Gasteiger partial charge in [-0.15, -0.1) is 0 Å². The van der Waals surface area contributed by atoms with Crippen LogP contribution >= 0.6 is 0 Å². The summed E-state index contributed by atoms with van der Waals surface area (Å²) in [5.74, 6) is -1.07. The third-order valence-corrected chi connectivity index (χ3v) is 3.91. The van der Waals surface area contributed by atoms with Crippen molar-refractivity contribution in [1.29, 1.82) is 0 Å². The second-order valence-corrected chi connectivity index (χ2v) is 5.75. The highest BCUT2D eigenvalue weighted by molar-refractivity contribution is 6.02. The summed E-state index contributed by atoms with van der Waals surface area (Å²) in [6.45, 7) is 3.34. The van der Waals surface area contributed by atoms with Crippen molar-refractivity contribution in [3.63, 3.8) is 0 Å². The molecule has 0 atom stereocenters. The predicted octanol–water partition coefficient (Wildman–Crippen LogP) is 3.03. The first kappa shape index (κ1) is 19.2. The van der Waals surface area contributed by atoms with Gasteiger partial charge in [0.15, 0.2) is 0 Å². The average molecular weight is 354 g/mol. The summed E-state index contributed by atoms with van der Waals surface area (Å²) in [6.07, 6.45) is 0.900. The highest BCUT2D eigenvalue weighted by Crippen LogP contribution is 2.17. The molecular weight excluding hydrogens is 332 g/mol. The van der Waals surface area contributed by atoms with Crippen molar-refractivity contribution in [2.24, 2.45) is 0 Å². The van der Waals surface area contributed by atoms with E-state index in [0.29, 0.717) is 16.9 Å². The summed E-state index contributed by atoms with van der Waals surface area (Å²) < 4.78 is 4.66. The highest BCUT2D eigenvalue weighted by atomic mass is 16.5. The van der Waals surface area contributed by atoms with Gasteiger partial charge in [0.05, 0.1) is 12.7 Å². The topological polar surface area (TPSA) is 75.7 Å². The number of nitrogens with zero attached hydrogens (tertiary/aromatic N) is 1. The average Bonchev–Trinajstić information content (AvgIpc) is 2.65. The van der Waals surface area contributed by atoms with Gasteiger partial charge in [0.2, 0.25) is 11.8 Å². The van der Waals surface area contributed by atoms with Gasteiger partial charge in [0.25, 0.3) is 0 Å². The van der Waals surface area contributed by atoms with Gasteiger partial charge >= 0.3 is 5.97 Å². The molecule has 2 rings (SSSR count). The van der Waals surface area contributed by atoms with E-state index in [2.05, 4.69) is 10.1 Å². The zero-order valence-electron chi connectivity index (χ0n) is 15.1. The quantitative estimate of drug-likeness (QED) is 0.809. The summed E-state index contributed by atoms with van der Waals surface area (Å²) in [5.41, 5.74) is 2.61. The molecule has 0 heterocycles. The van der Waals surface area contributed by atoms with E-state index in [4.69, 9.17) is 0 Å². The van der Waals surface area contributed by atoms with Crippen LogP contribution in [0.25, 0.3) is 0 Å². The van der Waals surface area contributed by atoms with E-state index in [-0.39, 0.29) is 18.4 Å². The molecule has 0 spiro atoms. The van der Waals surface area contributed by atoms with Crippen LogP contribution in [0.15, 0.2) is 48.5 Å². The Labute approximate surface area is 152 Å². The normalized spacial score (nSPS) is 10.1. The molecule has 0 aliphatic rings. The van der Waals surface area contributed by atoms with Crippen LogP contribution in [-0.2, 0) is 20.7 Å². The van der Waals surface area contributed by atoms with Crippen LogP contribution in [0.2, 0.25) is 0 Å². The molecule has 136 valence electrons. The fourth-order valence-corrected chi connectivity index (χ4v) is 2.48. The molecule has 0 radical (unpaired) electrons. The second-order valence-electron chi connectivity index (χ2n) is 5.75. The van der Waals surface area contributed by atoms with E-state index in [9.17, 15) is 14.4 Å². The zero-order chi connectivity index (χ0) is 19.1. The number of hydrogen-bond donors (Lipinski definition) is 1. The third-order valence-electron chi connectivity index (χ3n) is 3.91. The van der Waals surface area contributed by atoms with E-state index >= 15 is 0 Å². The Morgan fingerprint density at radius 3 is 2.35 bits per heavy atom. The number of esters is 1. The molecule has 0 unspecified atom stereocenters. The molecule has 0 saturated carbocycles. The van der Waals surface area contributed by atoms with Crippen LogP contribution in [0, 0.1) is 0 Å². The van der Waals surface area contributed by atoms with Crippen molar-refractivity contribution in [2.45, 2.75) is 20.3 Å². The first-order valence-electron chi connectivity index (χ1n) is 8.30. The molecule has 2 aromatic carbocycles.